The fourth-order valence-corrected chi connectivity index (χ4v) is 1.44. The standard InChI is InChI=1S/C9H11NOS/c1-8(11)12-7-5-9-4-2-3-6-10-9/h2-4,6H,5,7H2,1H3. The highest BCUT2D eigenvalue weighted by atomic mass is 32.2. The predicted octanol–water partition coefficient (Wildman–Crippen LogP) is 1.90. The van der Waals surface area contributed by atoms with Crippen LogP contribution in [0.25, 0.3) is 0 Å². The van der Waals surface area contributed by atoms with Gasteiger partial charge in [-0.05, 0) is 18.6 Å². The molecule has 0 aliphatic heterocycles. The highest BCUT2D eigenvalue weighted by Gasteiger charge is 1.95. The summed E-state index contributed by atoms with van der Waals surface area (Å²) in [5.41, 5.74) is 1.05. The van der Waals surface area contributed by atoms with Crippen LogP contribution in [0.4, 0.5) is 0 Å². The highest BCUT2D eigenvalue weighted by molar-refractivity contribution is 8.13. The molecule has 3 heteroatoms. The monoisotopic (exact) mass is 181 g/mol. The molecule has 0 N–H and O–H groups in total. The Balaban J connectivity index is 2.29. The van der Waals surface area contributed by atoms with Gasteiger partial charge in [0.25, 0.3) is 0 Å². The molecule has 0 aliphatic rings. The Morgan fingerprint density at radius 2 is 2.42 bits per heavy atom. The number of carbonyl (C=O) groups excluding carboxylic acids is 1. The molecule has 64 valence electrons. The molecule has 0 atom stereocenters. The lowest BCUT2D eigenvalue weighted by molar-refractivity contribution is -0.109. The Bertz CT molecular complexity index is 248. The first-order chi connectivity index (χ1) is 5.79. The molecule has 0 aliphatic carbocycles. The summed E-state index contributed by atoms with van der Waals surface area (Å²) in [6, 6.07) is 5.82. The van der Waals surface area contributed by atoms with Gasteiger partial charge in [0, 0.05) is 24.6 Å². The molecule has 0 radical (unpaired) electrons. The van der Waals surface area contributed by atoms with Crippen molar-refractivity contribution in [2.75, 3.05) is 5.75 Å². The van der Waals surface area contributed by atoms with Crippen LogP contribution in [0.5, 0.6) is 0 Å². The van der Waals surface area contributed by atoms with Gasteiger partial charge in [-0.3, -0.25) is 9.78 Å². The van der Waals surface area contributed by atoms with E-state index < -0.39 is 0 Å². The van der Waals surface area contributed by atoms with Gasteiger partial charge in [0.1, 0.15) is 0 Å². The summed E-state index contributed by atoms with van der Waals surface area (Å²) in [5.74, 6) is 0.826. The van der Waals surface area contributed by atoms with Crippen molar-refractivity contribution in [2.45, 2.75) is 13.3 Å². The van der Waals surface area contributed by atoms with E-state index in [2.05, 4.69) is 4.98 Å². The van der Waals surface area contributed by atoms with Crippen molar-refractivity contribution in [1.29, 1.82) is 0 Å². The van der Waals surface area contributed by atoms with E-state index in [1.54, 1.807) is 13.1 Å². The maximum absolute atomic E-state index is 10.6. The van der Waals surface area contributed by atoms with Crippen molar-refractivity contribution in [2.24, 2.45) is 0 Å². The quantitative estimate of drug-likeness (QED) is 0.713. The Morgan fingerprint density at radius 1 is 1.58 bits per heavy atom. The average molecular weight is 181 g/mol. The molecule has 0 bridgehead atoms. The Hall–Kier alpha value is -0.830. The molecule has 0 saturated heterocycles. The van der Waals surface area contributed by atoms with E-state index in [0.29, 0.717) is 0 Å². The lowest BCUT2D eigenvalue weighted by Crippen LogP contribution is -1.93. The van der Waals surface area contributed by atoms with E-state index in [4.69, 9.17) is 0 Å². The molecule has 1 heterocycles. The summed E-state index contributed by atoms with van der Waals surface area (Å²) in [6.45, 7) is 1.59. The van der Waals surface area contributed by atoms with E-state index in [-0.39, 0.29) is 5.12 Å². The molecule has 0 unspecified atom stereocenters. The van der Waals surface area contributed by atoms with Crippen molar-refractivity contribution in [3.05, 3.63) is 30.1 Å². The molecule has 1 aromatic rings. The zero-order valence-corrected chi connectivity index (χ0v) is 7.80. The largest absolute Gasteiger partial charge is 0.288 e. The highest BCUT2D eigenvalue weighted by Crippen LogP contribution is 2.04. The molecular formula is C9H11NOS. The molecule has 2 nitrogen and oxygen atoms in total. The molecule has 0 aromatic carbocycles. The van der Waals surface area contributed by atoms with Crippen LogP contribution in [-0.2, 0) is 11.2 Å². The normalized spacial score (nSPS) is 9.75. The number of carbonyl (C=O) groups is 1. The van der Waals surface area contributed by atoms with Gasteiger partial charge >= 0.3 is 0 Å². The molecule has 0 fully saturated rings. The second kappa shape index (κ2) is 4.93. The van der Waals surface area contributed by atoms with Crippen LogP contribution in [0.3, 0.4) is 0 Å². The summed E-state index contributed by atoms with van der Waals surface area (Å²) in [4.78, 5) is 14.7. The van der Waals surface area contributed by atoms with Gasteiger partial charge in [0.05, 0.1) is 0 Å². The first kappa shape index (κ1) is 9.26. The second-order valence-electron chi connectivity index (χ2n) is 2.41. The average Bonchev–Trinajstić information content (AvgIpc) is 2.05. The first-order valence-electron chi connectivity index (χ1n) is 3.82. The number of pyridine rings is 1. The third-order valence-corrected chi connectivity index (χ3v) is 2.20. The molecule has 1 rings (SSSR count). The van der Waals surface area contributed by atoms with Crippen molar-refractivity contribution < 1.29 is 4.79 Å². The first-order valence-corrected chi connectivity index (χ1v) is 4.81. The smallest absolute Gasteiger partial charge is 0.185 e. The van der Waals surface area contributed by atoms with Crippen LogP contribution in [0.2, 0.25) is 0 Å². The molecule has 0 spiro atoms. The van der Waals surface area contributed by atoms with Gasteiger partial charge in [-0.15, -0.1) is 0 Å². The topological polar surface area (TPSA) is 30.0 Å². The zero-order valence-electron chi connectivity index (χ0n) is 6.99. The van der Waals surface area contributed by atoms with Crippen LogP contribution in [0, 0.1) is 0 Å². The van der Waals surface area contributed by atoms with Crippen molar-refractivity contribution in [3.8, 4) is 0 Å². The summed E-state index contributed by atoms with van der Waals surface area (Å²) >= 11 is 1.35. The fourth-order valence-electron chi connectivity index (χ4n) is 0.845. The van der Waals surface area contributed by atoms with Crippen LogP contribution in [-0.4, -0.2) is 15.9 Å². The maximum atomic E-state index is 10.6. The van der Waals surface area contributed by atoms with Crippen molar-refractivity contribution >= 4 is 16.9 Å². The predicted molar refractivity (Wildman–Crippen MR) is 51.1 cm³/mol. The minimum atomic E-state index is 0.172. The van der Waals surface area contributed by atoms with Crippen LogP contribution in [0.15, 0.2) is 24.4 Å². The SMILES string of the molecule is CC(=O)SCCc1ccccn1. The van der Waals surface area contributed by atoms with E-state index in [0.717, 1.165) is 17.9 Å². The molecule has 0 amide bonds. The Labute approximate surface area is 76.4 Å². The van der Waals surface area contributed by atoms with Crippen molar-refractivity contribution in [1.82, 2.24) is 4.98 Å². The zero-order chi connectivity index (χ0) is 8.81. The van der Waals surface area contributed by atoms with Gasteiger partial charge < -0.3 is 0 Å². The van der Waals surface area contributed by atoms with Crippen LogP contribution in [0.1, 0.15) is 12.6 Å². The number of nitrogens with zero attached hydrogens (tertiary/aromatic N) is 1. The molecule has 0 saturated carbocycles. The van der Waals surface area contributed by atoms with Gasteiger partial charge in [-0.25, -0.2) is 0 Å². The van der Waals surface area contributed by atoms with E-state index in [1.807, 2.05) is 18.2 Å². The minimum Gasteiger partial charge on any atom is -0.288 e. The summed E-state index contributed by atoms with van der Waals surface area (Å²) < 4.78 is 0. The number of aryl methyl sites for hydroxylation is 1. The van der Waals surface area contributed by atoms with Crippen LogP contribution >= 0.6 is 11.8 Å². The number of rotatable bonds is 3. The van der Waals surface area contributed by atoms with Crippen LogP contribution < -0.4 is 0 Å². The van der Waals surface area contributed by atoms with Crippen molar-refractivity contribution in [3.63, 3.8) is 0 Å². The van der Waals surface area contributed by atoms with Gasteiger partial charge in [-0.2, -0.15) is 0 Å². The molecule has 1 aromatic heterocycles. The maximum Gasteiger partial charge on any atom is 0.185 e. The number of hydrogen-bond donors (Lipinski definition) is 0. The van der Waals surface area contributed by atoms with Gasteiger partial charge in [0.2, 0.25) is 0 Å². The van der Waals surface area contributed by atoms with Gasteiger partial charge in [0.15, 0.2) is 5.12 Å². The van der Waals surface area contributed by atoms with E-state index >= 15 is 0 Å². The number of aromatic nitrogens is 1. The fraction of sp³-hybridized carbons (Fsp3) is 0.333. The molecule has 12 heavy (non-hydrogen) atoms. The number of thioether (sulfide) groups is 1. The molecular weight excluding hydrogens is 170 g/mol. The lowest BCUT2D eigenvalue weighted by atomic mass is 10.3. The summed E-state index contributed by atoms with van der Waals surface area (Å²) in [6.07, 6.45) is 2.64. The third-order valence-electron chi connectivity index (χ3n) is 1.39. The second-order valence-corrected chi connectivity index (χ2v) is 3.68. The van der Waals surface area contributed by atoms with Gasteiger partial charge in [-0.1, -0.05) is 17.8 Å². The Kier molecular flexibility index (Phi) is 3.80. The van der Waals surface area contributed by atoms with E-state index in [9.17, 15) is 4.79 Å². The third kappa shape index (κ3) is 3.53. The lowest BCUT2D eigenvalue weighted by Gasteiger charge is -1.96. The number of hydrogen-bond acceptors (Lipinski definition) is 3. The Morgan fingerprint density at radius 3 is 3.00 bits per heavy atom. The van der Waals surface area contributed by atoms with E-state index in [1.165, 1.54) is 11.8 Å². The summed E-state index contributed by atoms with van der Waals surface area (Å²) in [7, 11) is 0. The minimum absolute atomic E-state index is 0.172. The summed E-state index contributed by atoms with van der Waals surface area (Å²) in [5, 5.41) is 0.172.